The average Bonchev–Trinajstić information content (AvgIpc) is 3.10. The zero-order chi connectivity index (χ0) is 24.4. The Morgan fingerprint density at radius 3 is 2.54 bits per heavy atom. The van der Waals surface area contributed by atoms with Crippen LogP contribution in [-0.4, -0.2) is 58.4 Å². The molecule has 1 N–H and O–H groups in total. The number of aromatic amines is 1. The zero-order valence-electron chi connectivity index (χ0n) is 19.2. The van der Waals surface area contributed by atoms with Gasteiger partial charge in [-0.05, 0) is 73.9 Å². The van der Waals surface area contributed by atoms with Gasteiger partial charge in [-0.1, -0.05) is 0 Å². The van der Waals surface area contributed by atoms with Crippen LogP contribution in [0.4, 0.5) is 13.2 Å². The maximum atomic E-state index is 12.9. The molecule has 0 bridgehead atoms. The number of pyridine rings is 1. The quantitative estimate of drug-likeness (QED) is 0.549. The molecule has 2 saturated heterocycles. The molecule has 10 heteroatoms. The van der Waals surface area contributed by atoms with E-state index in [0.29, 0.717) is 24.6 Å². The van der Waals surface area contributed by atoms with Crippen LogP contribution >= 0.6 is 0 Å². The summed E-state index contributed by atoms with van der Waals surface area (Å²) in [4.78, 5) is 27.4. The smallest absolute Gasteiger partial charge is 0.406 e. The van der Waals surface area contributed by atoms with Crippen molar-refractivity contribution >= 4 is 17.1 Å². The van der Waals surface area contributed by atoms with Crippen LogP contribution in [0.25, 0.3) is 11.2 Å². The summed E-state index contributed by atoms with van der Waals surface area (Å²) in [6.07, 6.45) is 1.61. The molecule has 1 aromatic carbocycles. The lowest BCUT2D eigenvalue weighted by Gasteiger charge is -2.32. The number of piperidine rings is 1. The highest BCUT2D eigenvalue weighted by atomic mass is 19.4. The number of amides is 1. The van der Waals surface area contributed by atoms with Crippen molar-refractivity contribution in [2.75, 3.05) is 26.3 Å². The summed E-state index contributed by atoms with van der Waals surface area (Å²) in [5, 5.41) is 0. The lowest BCUT2D eigenvalue weighted by atomic mass is 9.89. The van der Waals surface area contributed by atoms with E-state index in [1.807, 2.05) is 6.07 Å². The van der Waals surface area contributed by atoms with Crippen molar-refractivity contribution in [3.05, 3.63) is 53.5 Å². The monoisotopic (exact) mass is 488 g/mol. The molecule has 35 heavy (non-hydrogen) atoms. The van der Waals surface area contributed by atoms with Crippen LogP contribution in [0, 0.1) is 0 Å². The molecule has 3 aromatic rings. The van der Waals surface area contributed by atoms with Gasteiger partial charge in [0.25, 0.3) is 5.91 Å². The summed E-state index contributed by atoms with van der Waals surface area (Å²) >= 11 is 0. The highest BCUT2D eigenvalue weighted by Crippen LogP contribution is 2.34. The Morgan fingerprint density at radius 1 is 1.03 bits per heavy atom. The number of likely N-dealkylation sites (tertiary alicyclic amines) is 1. The number of fused-ring (bicyclic) bond motifs is 1. The fraction of sp³-hybridized carbons (Fsp3) is 0.480. The van der Waals surface area contributed by atoms with Crippen molar-refractivity contribution < 1.29 is 27.4 Å². The van der Waals surface area contributed by atoms with Crippen LogP contribution in [0.2, 0.25) is 0 Å². The summed E-state index contributed by atoms with van der Waals surface area (Å²) in [6, 6.07) is 7.09. The largest absolute Gasteiger partial charge is 0.573 e. The first-order valence-corrected chi connectivity index (χ1v) is 11.9. The van der Waals surface area contributed by atoms with Gasteiger partial charge in [0.15, 0.2) is 5.65 Å². The molecule has 0 aliphatic carbocycles. The molecule has 0 radical (unpaired) electrons. The summed E-state index contributed by atoms with van der Waals surface area (Å²) in [6.45, 7) is 2.67. The Hall–Kier alpha value is -3.14. The SMILES string of the molecule is O=C(c1ccc(OC(F)(F)F)cc1)N1CCC(c2ccnc3nc([C@H]4CCCOCC4)[nH]c23)CC1. The third kappa shape index (κ3) is 5.42. The number of hydrogen-bond acceptors (Lipinski definition) is 5. The maximum absolute atomic E-state index is 12.9. The van der Waals surface area contributed by atoms with Crippen LogP contribution in [0.5, 0.6) is 5.75 Å². The molecule has 2 aliphatic rings. The summed E-state index contributed by atoms with van der Waals surface area (Å²) in [5.74, 6) is 1.03. The molecule has 0 unspecified atom stereocenters. The third-order valence-corrected chi connectivity index (χ3v) is 6.84. The first-order chi connectivity index (χ1) is 16.9. The topological polar surface area (TPSA) is 80.3 Å². The number of alkyl halides is 3. The summed E-state index contributed by atoms with van der Waals surface area (Å²) < 4.78 is 46.6. The number of hydrogen-bond donors (Lipinski definition) is 1. The van der Waals surface area contributed by atoms with Crippen LogP contribution in [-0.2, 0) is 4.74 Å². The Morgan fingerprint density at radius 2 is 1.80 bits per heavy atom. The zero-order valence-corrected chi connectivity index (χ0v) is 19.2. The van der Waals surface area contributed by atoms with Crippen molar-refractivity contribution in [1.29, 1.82) is 0 Å². The van der Waals surface area contributed by atoms with E-state index in [0.717, 1.165) is 74.4 Å². The fourth-order valence-electron chi connectivity index (χ4n) is 5.03. The maximum Gasteiger partial charge on any atom is 0.573 e. The lowest BCUT2D eigenvalue weighted by molar-refractivity contribution is -0.274. The Balaban J connectivity index is 1.25. The lowest BCUT2D eigenvalue weighted by Crippen LogP contribution is -2.38. The first-order valence-electron chi connectivity index (χ1n) is 11.9. The third-order valence-electron chi connectivity index (χ3n) is 6.84. The molecule has 5 rings (SSSR count). The second-order valence-electron chi connectivity index (χ2n) is 9.10. The number of nitrogens with zero attached hydrogens (tertiary/aromatic N) is 3. The van der Waals surface area contributed by atoms with Gasteiger partial charge in [-0.15, -0.1) is 13.2 Å². The molecule has 2 aromatic heterocycles. The van der Waals surface area contributed by atoms with E-state index >= 15 is 0 Å². The van der Waals surface area contributed by atoms with Crippen LogP contribution < -0.4 is 4.74 Å². The molecule has 1 atom stereocenters. The van der Waals surface area contributed by atoms with Crippen LogP contribution in [0.3, 0.4) is 0 Å². The van der Waals surface area contributed by atoms with Crippen molar-refractivity contribution in [1.82, 2.24) is 19.9 Å². The van der Waals surface area contributed by atoms with Gasteiger partial charge in [0.1, 0.15) is 11.6 Å². The molecule has 2 aliphatic heterocycles. The highest BCUT2D eigenvalue weighted by Gasteiger charge is 2.31. The minimum Gasteiger partial charge on any atom is -0.406 e. The highest BCUT2D eigenvalue weighted by molar-refractivity contribution is 5.94. The second-order valence-corrected chi connectivity index (χ2v) is 9.10. The Bertz CT molecular complexity index is 1160. The van der Waals surface area contributed by atoms with Gasteiger partial charge >= 0.3 is 6.36 Å². The average molecular weight is 489 g/mol. The van der Waals surface area contributed by atoms with E-state index in [1.54, 1.807) is 11.1 Å². The van der Waals surface area contributed by atoms with Crippen molar-refractivity contribution in [2.24, 2.45) is 0 Å². The minimum atomic E-state index is -4.76. The number of aromatic nitrogens is 3. The number of benzene rings is 1. The van der Waals surface area contributed by atoms with E-state index in [1.165, 1.54) is 17.7 Å². The van der Waals surface area contributed by atoms with E-state index in [4.69, 9.17) is 9.72 Å². The minimum absolute atomic E-state index is 0.193. The molecule has 186 valence electrons. The van der Waals surface area contributed by atoms with E-state index in [-0.39, 0.29) is 17.6 Å². The van der Waals surface area contributed by atoms with Gasteiger partial charge in [-0.25, -0.2) is 9.97 Å². The van der Waals surface area contributed by atoms with Gasteiger partial charge < -0.3 is 19.4 Å². The number of carbonyl (C=O) groups excluding carboxylic acids is 1. The number of H-pyrrole nitrogens is 1. The molecule has 4 heterocycles. The van der Waals surface area contributed by atoms with E-state index in [2.05, 4.69) is 14.7 Å². The number of nitrogens with one attached hydrogen (secondary N) is 1. The number of rotatable bonds is 4. The van der Waals surface area contributed by atoms with E-state index in [9.17, 15) is 18.0 Å². The molecular weight excluding hydrogens is 461 g/mol. The number of halogens is 3. The number of imidazole rings is 1. The second kappa shape index (κ2) is 9.85. The predicted octanol–water partition coefficient (Wildman–Crippen LogP) is 5.16. The number of carbonyl (C=O) groups is 1. The van der Waals surface area contributed by atoms with Crippen LogP contribution in [0.15, 0.2) is 36.5 Å². The van der Waals surface area contributed by atoms with Gasteiger partial charge in [0.2, 0.25) is 0 Å². The molecule has 7 nitrogen and oxygen atoms in total. The predicted molar refractivity (Wildman–Crippen MR) is 122 cm³/mol. The van der Waals surface area contributed by atoms with Gasteiger partial charge in [0.05, 0.1) is 5.52 Å². The Labute approximate surface area is 200 Å². The van der Waals surface area contributed by atoms with Crippen molar-refractivity contribution in [3.63, 3.8) is 0 Å². The molecule has 2 fully saturated rings. The number of ether oxygens (including phenoxy) is 2. The summed E-state index contributed by atoms with van der Waals surface area (Å²) in [5.41, 5.74) is 3.20. The van der Waals surface area contributed by atoms with Crippen molar-refractivity contribution in [3.8, 4) is 5.75 Å². The molecule has 0 spiro atoms. The Kier molecular flexibility index (Phi) is 6.64. The normalized spacial score (nSPS) is 20.1. The van der Waals surface area contributed by atoms with Gasteiger partial charge in [-0.3, -0.25) is 4.79 Å². The van der Waals surface area contributed by atoms with Gasteiger partial charge in [-0.2, -0.15) is 0 Å². The van der Waals surface area contributed by atoms with E-state index < -0.39 is 6.36 Å². The fourth-order valence-corrected chi connectivity index (χ4v) is 5.03. The first kappa shape index (κ1) is 23.6. The van der Waals surface area contributed by atoms with Gasteiger partial charge in [0, 0.05) is 44.0 Å². The summed E-state index contributed by atoms with van der Waals surface area (Å²) in [7, 11) is 0. The van der Waals surface area contributed by atoms with Crippen LogP contribution in [0.1, 0.15) is 65.7 Å². The molecular formula is C25H27F3N4O3. The molecule has 0 saturated carbocycles. The molecule has 1 amide bonds. The van der Waals surface area contributed by atoms with Crippen molar-refractivity contribution in [2.45, 2.75) is 50.3 Å². The standard InChI is InChI=1S/C25H27F3N4O3/c26-25(27,28)35-19-5-3-18(4-6-19)24(33)32-12-8-16(9-13-32)20-7-11-29-23-21(20)30-22(31-23)17-2-1-14-34-15-10-17/h3-7,11,16-17H,1-2,8-10,12-15H2,(H,29,30,31)/t17-/m0/s1.